The number of Topliss-reactive ketones (excluding diaryl/α,β-unsaturated/α-hetero) is 1. The predicted octanol–water partition coefficient (Wildman–Crippen LogP) is 16.1. The minimum absolute atomic E-state index is 0. The minimum Gasteiger partial charge on any atom is -0.153 e. The quantitative estimate of drug-likeness (QED) is 0.00944. The molecule has 0 aliphatic carbocycles. The van der Waals surface area contributed by atoms with Crippen LogP contribution in [-0.4, -0.2) is 243 Å². The molecule has 4 aromatic rings. The Bertz CT molecular complexity index is 4100. The molecule has 5 aliphatic heterocycles. The van der Waals surface area contributed by atoms with E-state index in [1.165, 1.54) is 46.3 Å². The first-order valence-corrected chi connectivity index (χ1v) is 71.6. The molecule has 9 heterocycles. The summed E-state index contributed by atoms with van der Waals surface area (Å²) in [5, 5.41) is 81.7. The smallest absolute Gasteiger partial charge is 0.0358 e. The van der Waals surface area contributed by atoms with Gasteiger partial charge in [0, 0.05) is 105 Å². The van der Waals surface area contributed by atoms with E-state index in [4.69, 9.17) is 112 Å². The van der Waals surface area contributed by atoms with Gasteiger partial charge in [-0.1, -0.05) is 60.0 Å². The number of carbonyl (C=O) groups is 6. The van der Waals surface area contributed by atoms with Gasteiger partial charge in [0.15, 0.2) is 24.1 Å². The van der Waals surface area contributed by atoms with Crippen molar-refractivity contribution in [3.63, 3.8) is 0 Å². The van der Waals surface area contributed by atoms with Gasteiger partial charge >= 0.3 is 79.3 Å². The molecule has 4 aromatic heterocycles. The number of hydrogen-bond donors (Lipinski definition) is 11. The summed E-state index contributed by atoms with van der Waals surface area (Å²) >= 11 is -1.62. The molecule has 5 aliphatic rings. The summed E-state index contributed by atoms with van der Waals surface area (Å²) in [4.78, 5) is 107. The summed E-state index contributed by atoms with van der Waals surface area (Å²) in [5.41, 5.74) is -2.91. The molecule has 137 heavy (non-hydrogen) atoms. The first kappa shape index (κ1) is 165. The summed E-state index contributed by atoms with van der Waals surface area (Å²) in [6, 6.07) is 7.94. The van der Waals surface area contributed by atoms with E-state index in [0.29, 0.717) is 62.2 Å². The zero-order chi connectivity index (χ0) is 103. The van der Waals surface area contributed by atoms with Crippen LogP contribution in [0.1, 0.15) is 195 Å². The molecule has 9 rings (SSSR count). The summed E-state index contributed by atoms with van der Waals surface area (Å²) in [6.07, 6.45) is 0.628. The first-order valence-electron chi connectivity index (χ1n) is 37.2. The Morgan fingerprint density at radius 2 is 0.832 bits per heavy atom. The predicted molar refractivity (Wildman–Crippen MR) is 605 cm³/mol. The maximum absolute atomic E-state index is 11.0. The van der Waals surface area contributed by atoms with E-state index < -0.39 is 84.1 Å². The van der Waals surface area contributed by atoms with Gasteiger partial charge in [0.1, 0.15) is 82.1 Å². The molecule has 63 heteroatoms. The zero-order valence-electron chi connectivity index (χ0n) is 75.5. The molecule has 0 bridgehead atoms. The molecule has 808 valence electrons. The molecule has 0 radical (unpaired) electrons. The van der Waals surface area contributed by atoms with Crippen molar-refractivity contribution in [2.75, 3.05) is 42.7 Å². The van der Waals surface area contributed by atoms with E-state index in [9.17, 15) is 63.3 Å². The number of carbonyl (C=O) groups excluding carboxylic acids is 6. The number of ketones is 1. The molecule has 0 saturated carbocycles. The van der Waals surface area contributed by atoms with Crippen molar-refractivity contribution in [1.29, 1.82) is 0 Å². The molecule has 40 nitrogen and oxygen atoms in total. The van der Waals surface area contributed by atoms with E-state index >= 15 is 0 Å². The number of rotatable bonds is 16. The van der Waals surface area contributed by atoms with Gasteiger partial charge < -0.3 is 116 Å². The SMILES string of the molecule is C.C.C.C.C.CC(=O)c1c(O)cc(C)oc1=O.COC(C)C1CC(C)CC(=O)O1.COC(C)C1CC(O)=CC(=O)O1.COC(C)C1CC(O)CC(=O)O1.COC(C)[C@@H]1C[C@@H](O)CC(=O)O1.COC(C)[C@@H]1C[C@@H](O)CC(O)O1.COC(C)c1cc(O)cc(=O)o1.Cc1cc(O)cc(=O)o1.O=Cc1cc(O)cc(=O)o1.O=S(=O)(O)O.O=[Se]=O.P.PP.PP(P)P.PP(P)P(P)P.PPP.PPP(P)P. The van der Waals surface area contributed by atoms with E-state index in [2.05, 4.69) is 145 Å². The third-order valence-corrected chi connectivity index (χ3v) is 48.9. The van der Waals surface area contributed by atoms with Gasteiger partial charge in [-0.3, -0.25) is 33.1 Å². The number of aromatic hydroxyl groups is 4. The van der Waals surface area contributed by atoms with Crippen LogP contribution < -0.4 is 22.5 Å². The summed E-state index contributed by atoms with van der Waals surface area (Å²) < 4.78 is 122. The monoisotopic (exact) mass is 2450 g/mol. The number of cyclic esters (lactones) is 4. The Hall–Kier alpha value is 0.339. The third kappa shape index (κ3) is 95.7. The number of methoxy groups -OCH3 is 6. The standard InChI is InChI=1S/C9H16O3.C8H16O4.2C8H14O4.C8H12O4.C8H10O4.C8H8O4.C6H4O4.C6H6O3.5CH4.H2O4S.O2Se.H8P6.H7P5.H6P4.H5P3.H4P2.H3P/c1-6-4-8(7(2)11-3)12-9(10)5-6;5*1-5(11-2)7-3-6(9)4-8(10)12-7;1-4-3-6(10)7(5(2)9)8(11)12-4;7-3-5-1-4(8)2-6(9)10-5;1-4-2-5(7)3-6(8)9-4;;;;;;1-5(2,3)4;1-3-2;1-5(2)6(3)4;1-4-5(2)3;1-4(2)3;1-3-2;1-2;/h6-8H,4-5H2,1-3H3;5-10H,3-4H2,1-2H3;2*5-7,9H,3-4H2,1-2H3;4-5,7,9H,3H2,1-2H3;3-5,9H,1-2H3;3,10H,1-2H3;1-3,8H;2-3,7H,1H3;5*1H4;(H2,1,2,3,4);;1-4H2;4H,1-3H2;1-3H2;3H,1-2H2;1-2H2;1H3/t;5?,6-,7+,8?;5?,6-,7+;;;;;;;;;;;;;;;;;;;/m.11.................../s1. The molecular formula is C74H155O40P21SSe. The summed E-state index contributed by atoms with van der Waals surface area (Å²) in [5.74, 6) is -1.21. The molecule has 4 saturated heterocycles. The van der Waals surface area contributed by atoms with Gasteiger partial charge in [-0.15, -0.1) is 125 Å². The minimum atomic E-state index is -4.67. The summed E-state index contributed by atoms with van der Waals surface area (Å²) in [6.45, 7) is 18.0. The topological polar surface area (TPSA) is 616 Å². The number of aryl methyl sites for hydroxylation is 2. The zero-order valence-corrected chi connectivity index (χ0v) is 101. The fourth-order valence-corrected chi connectivity index (χ4v) is 9.22. The van der Waals surface area contributed by atoms with E-state index in [-0.39, 0.29) is 219 Å². The molecule has 0 spiro atoms. The van der Waals surface area contributed by atoms with Crippen LogP contribution in [0.25, 0.3) is 0 Å². The average molecular weight is 2450 g/mol. The number of aliphatic hydroxyl groups excluding tert-OH is 5. The van der Waals surface area contributed by atoms with Crippen LogP contribution in [0.5, 0.6) is 23.0 Å². The van der Waals surface area contributed by atoms with Gasteiger partial charge in [0.2, 0.25) is 0 Å². The average Bonchev–Trinajstić information content (AvgIpc) is 0.836. The van der Waals surface area contributed by atoms with Crippen LogP contribution in [0.3, 0.4) is 0 Å². The largest absolute Gasteiger partial charge is 0.153 e. The van der Waals surface area contributed by atoms with Crippen molar-refractivity contribution in [3.8, 4) is 23.0 Å². The number of hydrogen-bond acceptors (Lipinski definition) is 38. The maximum atomic E-state index is 11.0. The van der Waals surface area contributed by atoms with Crippen molar-refractivity contribution in [3.05, 3.63) is 125 Å². The Labute approximate surface area is 855 Å². The van der Waals surface area contributed by atoms with Crippen molar-refractivity contribution in [1.82, 2.24) is 0 Å². The number of aliphatic hydroxyl groups is 5. The summed E-state index contributed by atoms with van der Waals surface area (Å²) in [7, 11) is 43.8. The number of esters is 4. The molecule has 11 N–H and O–H groups in total. The van der Waals surface area contributed by atoms with Crippen LogP contribution in [0, 0.1) is 19.8 Å². The van der Waals surface area contributed by atoms with Gasteiger partial charge in [0.25, 0.3) is 0 Å². The molecular weight excluding hydrogens is 2290 g/mol. The van der Waals surface area contributed by atoms with Crippen molar-refractivity contribution >= 4 is 240 Å². The van der Waals surface area contributed by atoms with Crippen LogP contribution in [0.15, 0.2) is 91.1 Å². The Balaban J connectivity index is -0.000000110. The second-order valence-corrected chi connectivity index (χ2v) is 77.1. The van der Waals surface area contributed by atoms with Crippen molar-refractivity contribution in [2.24, 2.45) is 5.92 Å². The first-order chi connectivity index (χ1) is 60.7. The van der Waals surface area contributed by atoms with E-state index in [0.717, 1.165) is 52.7 Å². The third-order valence-electron chi connectivity index (χ3n) is 15.7. The molecule has 4 fully saturated rings. The molecule has 28 unspecified atom stereocenters. The van der Waals surface area contributed by atoms with E-state index in [1.54, 1.807) is 49.2 Å². The Morgan fingerprint density at radius 3 is 1.12 bits per heavy atom. The van der Waals surface area contributed by atoms with Crippen LogP contribution in [0.2, 0.25) is 0 Å². The second-order valence-electron chi connectivity index (χ2n) is 26.3. The Kier molecular flexibility index (Phi) is 119. The normalized spacial score (nSPS) is 19.5. The van der Waals surface area contributed by atoms with Crippen LogP contribution in [-0.2, 0) is 89.4 Å². The van der Waals surface area contributed by atoms with Gasteiger partial charge in [-0.05, 0) is 103 Å². The van der Waals surface area contributed by atoms with Gasteiger partial charge in [-0.25, -0.2) is 24.0 Å². The Morgan fingerprint density at radius 1 is 0.504 bits per heavy atom. The second kappa shape index (κ2) is 98.4. The van der Waals surface area contributed by atoms with Gasteiger partial charge in [0.05, 0.1) is 92.1 Å². The number of ether oxygens (including phenoxy) is 11. The van der Waals surface area contributed by atoms with Crippen LogP contribution >= 0.6 is 179 Å². The molecule has 32 atom stereocenters. The fraction of sp³-hybridized carbons (Fsp3) is 0.622. The fourth-order valence-electron chi connectivity index (χ4n) is 9.22. The maximum Gasteiger partial charge on any atom is -0.0358 e. The van der Waals surface area contributed by atoms with E-state index in [1.807, 2.05) is 27.7 Å². The van der Waals surface area contributed by atoms with Crippen LogP contribution in [0.4, 0.5) is 0 Å². The van der Waals surface area contributed by atoms with Crippen molar-refractivity contribution < 1.29 is 170 Å². The van der Waals surface area contributed by atoms with Crippen molar-refractivity contribution in [2.45, 2.75) is 256 Å². The molecule has 0 amide bonds. The molecule has 0 aromatic carbocycles. The van der Waals surface area contributed by atoms with Gasteiger partial charge in [-0.2, -0.15) is 18.3 Å². The number of aldehydes is 1.